The summed E-state index contributed by atoms with van der Waals surface area (Å²) in [7, 11) is 1.38. The molecule has 9 nitrogen and oxygen atoms in total. The van der Waals surface area contributed by atoms with Crippen LogP contribution < -0.4 is 20.1 Å². The van der Waals surface area contributed by atoms with E-state index < -0.39 is 9.79 Å². The number of para-hydroxylation sites is 1. The van der Waals surface area contributed by atoms with Crippen LogP contribution >= 0.6 is 22.6 Å². The number of aromatic nitrogens is 2. The number of ether oxygens (including phenoxy) is 3. The number of hydrogen-bond donors (Lipinski definition) is 3. The first-order chi connectivity index (χ1) is 16.4. The lowest BCUT2D eigenvalue weighted by atomic mass is 10.0. The number of rotatable bonds is 8. The number of carbonyl (C=O) groups is 2. The number of fused-ring (bicyclic) bond motifs is 1. The number of hydrogen-bond acceptors (Lipinski definition) is 7. The van der Waals surface area contributed by atoms with Crippen molar-refractivity contribution in [2.24, 2.45) is 0 Å². The minimum Gasteiger partial charge on any atom is -0.492 e. The second-order valence-electron chi connectivity index (χ2n) is 7.56. The van der Waals surface area contributed by atoms with Gasteiger partial charge in [0, 0.05) is 29.9 Å². The number of aromatic amines is 1. The quantitative estimate of drug-likeness (QED) is 0.203. The average molecular weight is 580 g/mol. The summed E-state index contributed by atoms with van der Waals surface area (Å²) in [5.74, 6) is -0.331. The minimum atomic E-state index is -0.533. The van der Waals surface area contributed by atoms with Crippen molar-refractivity contribution in [2.45, 2.75) is 19.4 Å². The predicted molar refractivity (Wildman–Crippen MR) is 132 cm³/mol. The largest absolute Gasteiger partial charge is 0.492 e. The van der Waals surface area contributed by atoms with Crippen LogP contribution in [0.15, 0.2) is 36.7 Å². The Labute approximate surface area is 208 Å². The zero-order chi connectivity index (χ0) is 24.2. The Bertz CT molecular complexity index is 1230. The zero-order valence-corrected chi connectivity index (χ0v) is 20.6. The third-order valence-corrected chi connectivity index (χ3v) is 5.55. The maximum absolute atomic E-state index is 14.3. The van der Waals surface area contributed by atoms with E-state index in [4.69, 9.17) is 14.2 Å². The fourth-order valence-corrected chi connectivity index (χ4v) is 4.08. The molecule has 1 aliphatic heterocycles. The van der Waals surface area contributed by atoms with Gasteiger partial charge >= 0.3 is 3.98 Å². The van der Waals surface area contributed by atoms with E-state index in [0.717, 1.165) is 5.69 Å². The number of nitrogens with one attached hydrogen (secondary N) is 3. The highest BCUT2D eigenvalue weighted by atomic mass is 127. The molecule has 2 aromatic heterocycles. The van der Waals surface area contributed by atoms with E-state index in [1.807, 2.05) is 6.92 Å². The molecule has 4 rings (SSSR count). The molecule has 1 aromatic carbocycles. The van der Waals surface area contributed by atoms with Crippen molar-refractivity contribution in [2.75, 3.05) is 25.6 Å². The molecule has 0 saturated carbocycles. The summed E-state index contributed by atoms with van der Waals surface area (Å²) in [5.41, 5.74) is 3.19. The summed E-state index contributed by atoms with van der Waals surface area (Å²) < 4.78 is 29.9. The maximum atomic E-state index is 14.3. The number of H-pyrrole nitrogens is 1. The molecule has 0 radical (unpaired) electrons. The van der Waals surface area contributed by atoms with Gasteiger partial charge in [-0.15, -0.1) is 0 Å². The van der Waals surface area contributed by atoms with Gasteiger partial charge in [-0.25, -0.2) is 9.18 Å². The van der Waals surface area contributed by atoms with Crippen molar-refractivity contribution in [3.05, 3.63) is 53.7 Å². The van der Waals surface area contributed by atoms with Crippen LogP contribution in [-0.2, 0) is 11.2 Å². The lowest BCUT2D eigenvalue weighted by Gasteiger charge is -2.21. The Hall–Kier alpha value is -3.35. The number of benzene rings is 1. The number of nitrogens with zero attached hydrogens (tertiary/aromatic N) is 1. The molecule has 34 heavy (non-hydrogen) atoms. The smallest absolute Gasteiger partial charge is 0.367 e. The fourth-order valence-electron chi connectivity index (χ4n) is 3.86. The van der Waals surface area contributed by atoms with Crippen molar-refractivity contribution in [1.82, 2.24) is 15.3 Å². The highest BCUT2D eigenvalue weighted by molar-refractivity contribution is 14.1. The van der Waals surface area contributed by atoms with Crippen molar-refractivity contribution in [3.8, 4) is 22.8 Å². The van der Waals surface area contributed by atoms with Crippen molar-refractivity contribution < 1.29 is 28.2 Å². The first-order valence-corrected chi connectivity index (χ1v) is 11.5. The topological polar surface area (TPSA) is 115 Å². The number of methoxy groups -OCH3 is 1. The van der Waals surface area contributed by atoms with E-state index in [0.29, 0.717) is 40.4 Å². The SMILES string of the molecule is COc1c(F)cccc1Nc1c(-c2ccncc2OCCOC(=O)I)[nH]c2c1C(=O)N[C@@H](C)C2. The Morgan fingerprint density at radius 1 is 1.32 bits per heavy atom. The summed E-state index contributed by atoms with van der Waals surface area (Å²) in [6.45, 7) is 2.11. The van der Waals surface area contributed by atoms with E-state index in [-0.39, 0.29) is 30.9 Å². The molecule has 0 spiro atoms. The Kier molecular flexibility index (Phi) is 7.20. The van der Waals surface area contributed by atoms with Gasteiger partial charge in [0.1, 0.15) is 19.0 Å². The molecule has 3 heterocycles. The zero-order valence-electron chi connectivity index (χ0n) is 18.4. The Balaban J connectivity index is 1.79. The van der Waals surface area contributed by atoms with Gasteiger partial charge in [0.25, 0.3) is 5.91 Å². The number of anilines is 2. The molecular formula is C23H22FIN4O5. The van der Waals surface area contributed by atoms with E-state index in [1.54, 1.807) is 47.0 Å². The number of amides is 1. The average Bonchev–Trinajstić information content (AvgIpc) is 3.15. The van der Waals surface area contributed by atoms with E-state index in [1.165, 1.54) is 19.4 Å². The molecule has 0 fully saturated rings. The van der Waals surface area contributed by atoms with Crippen molar-refractivity contribution >= 4 is 43.8 Å². The lowest BCUT2D eigenvalue weighted by molar-refractivity contribution is 0.0930. The summed E-state index contributed by atoms with van der Waals surface area (Å²) in [6, 6.07) is 6.20. The predicted octanol–water partition coefficient (Wildman–Crippen LogP) is 4.59. The standard InChI is InChI=1S/C23H22FIN4O5/c1-12-10-16-18(22(30)27-12)20(28-15-5-3-4-14(24)21(15)32-2)19(29-16)13-6-7-26-11-17(13)33-8-9-34-23(25)31/h3-7,11-12,28-29H,8-10H2,1-2H3,(H,27,30)/t12-/m0/s1. The molecule has 3 N–H and O–H groups in total. The van der Waals surface area contributed by atoms with Crippen LogP contribution in [-0.4, -0.2) is 46.2 Å². The van der Waals surface area contributed by atoms with E-state index in [2.05, 4.69) is 20.6 Å². The van der Waals surface area contributed by atoms with Crippen LogP contribution in [0.5, 0.6) is 11.5 Å². The lowest BCUT2D eigenvalue weighted by Crippen LogP contribution is -2.39. The molecule has 1 aliphatic rings. The van der Waals surface area contributed by atoms with Crippen LogP contribution in [0.1, 0.15) is 23.0 Å². The molecule has 1 atom stereocenters. The Morgan fingerprint density at radius 2 is 2.15 bits per heavy atom. The fraction of sp³-hybridized carbons (Fsp3) is 0.261. The van der Waals surface area contributed by atoms with Gasteiger partial charge in [-0.1, -0.05) is 6.07 Å². The van der Waals surface area contributed by atoms with Crippen LogP contribution in [0.4, 0.5) is 20.6 Å². The molecule has 3 aromatic rings. The summed E-state index contributed by atoms with van der Waals surface area (Å²) in [5, 5.41) is 6.13. The van der Waals surface area contributed by atoms with Crippen LogP contribution in [0.2, 0.25) is 0 Å². The maximum Gasteiger partial charge on any atom is 0.367 e. The second-order valence-corrected chi connectivity index (χ2v) is 8.44. The monoisotopic (exact) mass is 580 g/mol. The normalized spacial score (nSPS) is 14.7. The summed E-state index contributed by atoms with van der Waals surface area (Å²) in [4.78, 5) is 31.5. The molecule has 0 unspecified atom stereocenters. The molecule has 0 bridgehead atoms. The molecular weight excluding hydrogens is 558 g/mol. The van der Waals surface area contributed by atoms with Gasteiger partial charge in [-0.2, -0.15) is 0 Å². The van der Waals surface area contributed by atoms with Gasteiger partial charge < -0.3 is 29.8 Å². The summed E-state index contributed by atoms with van der Waals surface area (Å²) >= 11 is 1.54. The van der Waals surface area contributed by atoms with Crippen molar-refractivity contribution in [1.29, 1.82) is 0 Å². The van der Waals surface area contributed by atoms with Crippen LogP contribution in [0.3, 0.4) is 0 Å². The van der Waals surface area contributed by atoms with Gasteiger partial charge in [-0.05, 0) is 25.1 Å². The van der Waals surface area contributed by atoms with Gasteiger partial charge in [0.15, 0.2) is 11.6 Å². The van der Waals surface area contributed by atoms with E-state index in [9.17, 15) is 14.0 Å². The van der Waals surface area contributed by atoms with Crippen LogP contribution in [0.25, 0.3) is 11.3 Å². The summed E-state index contributed by atoms with van der Waals surface area (Å²) in [6.07, 6.45) is 3.72. The van der Waals surface area contributed by atoms with Gasteiger partial charge in [0.2, 0.25) is 0 Å². The highest BCUT2D eigenvalue weighted by Crippen LogP contribution is 2.42. The van der Waals surface area contributed by atoms with Gasteiger partial charge in [0.05, 0.1) is 58.5 Å². The third kappa shape index (κ3) is 4.93. The Morgan fingerprint density at radius 3 is 2.91 bits per heavy atom. The minimum absolute atomic E-state index is 0.0276. The molecule has 1 amide bonds. The molecule has 178 valence electrons. The third-order valence-electron chi connectivity index (χ3n) is 5.23. The van der Waals surface area contributed by atoms with Gasteiger partial charge in [-0.3, -0.25) is 9.78 Å². The molecule has 0 saturated heterocycles. The second kappa shape index (κ2) is 10.3. The number of halogens is 2. The first-order valence-electron chi connectivity index (χ1n) is 10.4. The van der Waals surface area contributed by atoms with Crippen LogP contribution in [0, 0.1) is 5.82 Å². The molecule has 11 heteroatoms. The number of pyridine rings is 1. The highest BCUT2D eigenvalue weighted by Gasteiger charge is 2.31. The van der Waals surface area contributed by atoms with Crippen molar-refractivity contribution in [3.63, 3.8) is 0 Å². The molecule has 0 aliphatic carbocycles. The van der Waals surface area contributed by atoms with E-state index >= 15 is 0 Å². The number of carbonyl (C=O) groups excluding carboxylic acids is 2. The first kappa shape index (κ1) is 23.8.